The summed E-state index contributed by atoms with van der Waals surface area (Å²) in [4.78, 5) is 5.47. The van der Waals surface area contributed by atoms with Gasteiger partial charge in [-0.1, -0.05) is 18.2 Å². The number of nitrogens with two attached hydrogens (primary N) is 1. The van der Waals surface area contributed by atoms with Gasteiger partial charge in [-0.15, -0.1) is 0 Å². The summed E-state index contributed by atoms with van der Waals surface area (Å²) >= 11 is 0. The Hall–Kier alpha value is -1.32. The van der Waals surface area contributed by atoms with E-state index in [0.717, 1.165) is 6.54 Å². The van der Waals surface area contributed by atoms with E-state index in [-0.39, 0.29) is 0 Å². The number of aromatic amines is 1. The van der Waals surface area contributed by atoms with Gasteiger partial charge in [0.2, 0.25) is 0 Å². The van der Waals surface area contributed by atoms with Crippen LogP contribution in [-0.4, -0.2) is 24.0 Å². The van der Waals surface area contributed by atoms with Crippen molar-refractivity contribution in [1.82, 2.24) is 9.88 Å². The SMILES string of the molecule is CN(C)Cc1c[nH]c2c(CN)cccc12. The Kier molecular flexibility index (Phi) is 2.75. The first-order valence-electron chi connectivity index (χ1n) is 5.15. The second-order valence-electron chi connectivity index (χ2n) is 4.10. The summed E-state index contributed by atoms with van der Waals surface area (Å²) < 4.78 is 0. The molecule has 2 aromatic rings. The van der Waals surface area contributed by atoms with E-state index in [1.807, 2.05) is 0 Å². The lowest BCUT2D eigenvalue weighted by atomic mass is 10.1. The van der Waals surface area contributed by atoms with Crippen LogP contribution in [0, 0.1) is 0 Å². The Morgan fingerprint density at radius 3 is 2.73 bits per heavy atom. The number of H-pyrrole nitrogens is 1. The minimum atomic E-state index is 0.583. The van der Waals surface area contributed by atoms with Crippen LogP contribution in [0.15, 0.2) is 24.4 Å². The molecule has 1 aromatic heterocycles. The zero-order valence-corrected chi connectivity index (χ0v) is 9.25. The number of hydrogen-bond donors (Lipinski definition) is 2. The van der Waals surface area contributed by atoms with Gasteiger partial charge in [0.05, 0.1) is 5.52 Å². The van der Waals surface area contributed by atoms with Crippen molar-refractivity contribution in [3.8, 4) is 0 Å². The van der Waals surface area contributed by atoms with Gasteiger partial charge in [0.15, 0.2) is 0 Å². The molecule has 0 aliphatic carbocycles. The molecule has 3 N–H and O–H groups in total. The van der Waals surface area contributed by atoms with Gasteiger partial charge in [0.1, 0.15) is 0 Å². The van der Waals surface area contributed by atoms with E-state index in [0.29, 0.717) is 6.54 Å². The lowest BCUT2D eigenvalue weighted by molar-refractivity contribution is 0.404. The third kappa shape index (κ3) is 1.89. The fourth-order valence-electron chi connectivity index (χ4n) is 1.92. The van der Waals surface area contributed by atoms with E-state index in [1.165, 1.54) is 22.0 Å². The lowest BCUT2D eigenvalue weighted by Crippen LogP contribution is -2.10. The van der Waals surface area contributed by atoms with Crippen LogP contribution in [0.3, 0.4) is 0 Å². The van der Waals surface area contributed by atoms with Gasteiger partial charge in [-0.25, -0.2) is 0 Å². The van der Waals surface area contributed by atoms with Crippen LogP contribution in [0.5, 0.6) is 0 Å². The predicted molar refractivity (Wildman–Crippen MR) is 63.6 cm³/mol. The molecule has 3 nitrogen and oxygen atoms in total. The molecular formula is C12H17N3. The summed E-state index contributed by atoms with van der Waals surface area (Å²) in [6.07, 6.45) is 2.07. The molecule has 0 aliphatic rings. The molecule has 1 heterocycles. The molecule has 0 fully saturated rings. The summed E-state index contributed by atoms with van der Waals surface area (Å²) in [6, 6.07) is 6.28. The van der Waals surface area contributed by atoms with Crippen LogP contribution in [0.25, 0.3) is 10.9 Å². The summed E-state index contributed by atoms with van der Waals surface area (Å²) in [5.74, 6) is 0. The summed E-state index contributed by atoms with van der Waals surface area (Å²) in [6.45, 7) is 1.54. The molecule has 0 bridgehead atoms. The Morgan fingerprint density at radius 2 is 2.07 bits per heavy atom. The maximum Gasteiger partial charge on any atom is 0.0502 e. The van der Waals surface area contributed by atoms with E-state index in [9.17, 15) is 0 Å². The number of rotatable bonds is 3. The second-order valence-corrected chi connectivity index (χ2v) is 4.10. The molecule has 0 unspecified atom stereocenters. The van der Waals surface area contributed by atoms with Gasteiger partial charge in [-0.05, 0) is 25.2 Å². The maximum absolute atomic E-state index is 5.70. The molecule has 0 atom stereocenters. The van der Waals surface area contributed by atoms with Gasteiger partial charge in [0.25, 0.3) is 0 Å². The van der Waals surface area contributed by atoms with Crippen molar-refractivity contribution in [2.45, 2.75) is 13.1 Å². The van der Waals surface area contributed by atoms with E-state index in [2.05, 4.69) is 48.4 Å². The molecular weight excluding hydrogens is 186 g/mol. The third-order valence-corrected chi connectivity index (χ3v) is 2.59. The minimum absolute atomic E-state index is 0.583. The van der Waals surface area contributed by atoms with Crippen LogP contribution in [0.2, 0.25) is 0 Å². The van der Waals surface area contributed by atoms with Crippen molar-refractivity contribution >= 4 is 10.9 Å². The van der Waals surface area contributed by atoms with Gasteiger partial charge in [-0.3, -0.25) is 0 Å². The predicted octanol–water partition coefficient (Wildman–Crippen LogP) is 1.69. The maximum atomic E-state index is 5.70. The van der Waals surface area contributed by atoms with Crippen molar-refractivity contribution in [3.63, 3.8) is 0 Å². The Labute approximate surface area is 89.9 Å². The van der Waals surface area contributed by atoms with E-state index >= 15 is 0 Å². The molecule has 0 spiro atoms. The highest BCUT2D eigenvalue weighted by Gasteiger charge is 2.06. The summed E-state index contributed by atoms with van der Waals surface area (Å²) in [5.41, 5.74) is 9.38. The topological polar surface area (TPSA) is 45.0 Å². The number of nitrogens with one attached hydrogen (secondary N) is 1. The first-order valence-corrected chi connectivity index (χ1v) is 5.15. The molecule has 15 heavy (non-hydrogen) atoms. The molecule has 0 saturated carbocycles. The number of nitrogens with zero attached hydrogens (tertiary/aromatic N) is 1. The normalized spacial score (nSPS) is 11.5. The third-order valence-electron chi connectivity index (χ3n) is 2.59. The summed E-state index contributed by atoms with van der Waals surface area (Å²) in [5, 5.41) is 1.28. The fraction of sp³-hybridized carbons (Fsp3) is 0.333. The zero-order valence-electron chi connectivity index (χ0n) is 9.25. The van der Waals surface area contributed by atoms with Crippen molar-refractivity contribution in [2.75, 3.05) is 14.1 Å². The van der Waals surface area contributed by atoms with Crippen molar-refractivity contribution in [1.29, 1.82) is 0 Å². The number of benzene rings is 1. The van der Waals surface area contributed by atoms with Crippen LogP contribution in [0.4, 0.5) is 0 Å². The number of fused-ring (bicyclic) bond motifs is 1. The first kappa shape index (κ1) is 10.2. The average Bonchev–Trinajstić information content (AvgIpc) is 2.61. The number of aromatic nitrogens is 1. The monoisotopic (exact) mass is 203 g/mol. The molecule has 1 aromatic carbocycles. The fourth-order valence-corrected chi connectivity index (χ4v) is 1.92. The molecule has 0 radical (unpaired) electrons. The second kappa shape index (κ2) is 4.04. The first-order chi connectivity index (χ1) is 7.22. The van der Waals surface area contributed by atoms with Gasteiger partial charge < -0.3 is 15.6 Å². The molecule has 3 heteroatoms. The van der Waals surface area contributed by atoms with Crippen LogP contribution < -0.4 is 5.73 Å². The quantitative estimate of drug-likeness (QED) is 0.797. The minimum Gasteiger partial charge on any atom is -0.361 e. The highest BCUT2D eigenvalue weighted by molar-refractivity contribution is 5.86. The average molecular weight is 203 g/mol. The van der Waals surface area contributed by atoms with Crippen molar-refractivity contribution < 1.29 is 0 Å². The summed E-state index contributed by atoms with van der Waals surface area (Å²) in [7, 11) is 4.15. The highest BCUT2D eigenvalue weighted by atomic mass is 15.0. The van der Waals surface area contributed by atoms with Gasteiger partial charge >= 0.3 is 0 Å². The van der Waals surface area contributed by atoms with Gasteiger partial charge in [0, 0.05) is 24.7 Å². The van der Waals surface area contributed by atoms with E-state index < -0.39 is 0 Å². The van der Waals surface area contributed by atoms with Gasteiger partial charge in [-0.2, -0.15) is 0 Å². The lowest BCUT2D eigenvalue weighted by Gasteiger charge is -2.08. The molecule has 0 saturated heterocycles. The Bertz CT molecular complexity index is 457. The van der Waals surface area contributed by atoms with Crippen LogP contribution in [0.1, 0.15) is 11.1 Å². The zero-order chi connectivity index (χ0) is 10.8. The van der Waals surface area contributed by atoms with Crippen molar-refractivity contribution in [2.24, 2.45) is 5.73 Å². The van der Waals surface area contributed by atoms with Crippen LogP contribution in [-0.2, 0) is 13.1 Å². The van der Waals surface area contributed by atoms with Crippen molar-refractivity contribution in [3.05, 3.63) is 35.5 Å². The smallest absolute Gasteiger partial charge is 0.0502 e. The highest BCUT2D eigenvalue weighted by Crippen LogP contribution is 2.22. The Morgan fingerprint density at radius 1 is 1.27 bits per heavy atom. The molecule has 0 aliphatic heterocycles. The largest absolute Gasteiger partial charge is 0.361 e. The van der Waals surface area contributed by atoms with E-state index in [4.69, 9.17) is 5.73 Å². The Balaban J connectivity index is 2.51. The number of hydrogen-bond acceptors (Lipinski definition) is 2. The number of para-hydroxylation sites is 1. The van der Waals surface area contributed by atoms with E-state index in [1.54, 1.807) is 0 Å². The standard InChI is InChI=1S/C12H17N3/c1-15(2)8-10-7-14-12-9(6-13)4-3-5-11(10)12/h3-5,7,14H,6,8,13H2,1-2H3. The van der Waals surface area contributed by atoms with Crippen LogP contribution >= 0.6 is 0 Å². The molecule has 2 rings (SSSR count). The molecule has 0 amide bonds. The molecule has 80 valence electrons.